The number of carbonyl (C=O) groups is 1. The molecule has 0 radical (unpaired) electrons. The molecular formula is C29H22BrFN4O. The van der Waals surface area contributed by atoms with Crippen LogP contribution in [0, 0.1) is 5.82 Å². The van der Waals surface area contributed by atoms with E-state index in [-0.39, 0.29) is 17.8 Å². The maximum Gasteiger partial charge on any atom is 0.273 e. The van der Waals surface area contributed by atoms with Gasteiger partial charge in [-0.05, 0) is 48.7 Å². The Morgan fingerprint density at radius 1 is 1.00 bits per heavy atom. The third kappa shape index (κ3) is 3.89. The van der Waals surface area contributed by atoms with E-state index in [2.05, 4.69) is 40.1 Å². The smallest absolute Gasteiger partial charge is 0.273 e. The van der Waals surface area contributed by atoms with Gasteiger partial charge in [0.05, 0.1) is 17.4 Å². The third-order valence-electron chi connectivity index (χ3n) is 6.78. The van der Waals surface area contributed by atoms with E-state index in [1.54, 1.807) is 28.8 Å². The number of benzene rings is 3. The lowest BCUT2D eigenvalue weighted by molar-refractivity contribution is 0.0672. The second kappa shape index (κ2) is 8.99. The van der Waals surface area contributed by atoms with Crippen LogP contribution < -0.4 is 0 Å². The first-order valence-electron chi connectivity index (χ1n) is 11.8. The molecule has 0 unspecified atom stereocenters. The van der Waals surface area contributed by atoms with Crippen molar-refractivity contribution in [3.8, 4) is 22.5 Å². The molecule has 5 aromatic rings. The lowest BCUT2D eigenvalue weighted by Crippen LogP contribution is -2.39. The Labute approximate surface area is 216 Å². The average molecular weight is 541 g/mol. The molecule has 1 atom stereocenters. The van der Waals surface area contributed by atoms with Crippen LogP contribution in [0.15, 0.2) is 89.4 Å². The number of amides is 1. The topological polar surface area (TPSA) is 50.5 Å². The highest BCUT2D eigenvalue weighted by atomic mass is 79.9. The fourth-order valence-electron chi connectivity index (χ4n) is 4.92. The van der Waals surface area contributed by atoms with Gasteiger partial charge < -0.3 is 4.90 Å². The number of aromatic nitrogens is 3. The Bertz CT molecular complexity index is 1610. The zero-order chi connectivity index (χ0) is 24.8. The Balaban J connectivity index is 1.48. The number of halogens is 2. The van der Waals surface area contributed by atoms with E-state index >= 15 is 0 Å². The van der Waals surface area contributed by atoms with Crippen LogP contribution in [0.25, 0.3) is 28.2 Å². The minimum Gasteiger partial charge on any atom is -0.330 e. The summed E-state index contributed by atoms with van der Waals surface area (Å²) in [4.78, 5) is 20.4. The number of nitrogens with zero attached hydrogens (tertiary/aromatic N) is 4. The molecule has 0 saturated heterocycles. The summed E-state index contributed by atoms with van der Waals surface area (Å²) in [5, 5.41) is 4.68. The lowest BCUT2D eigenvalue weighted by atomic mass is 9.93. The second-order valence-corrected chi connectivity index (χ2v) is 9.86. The molecule has 3 aromatic carbocycles. The third-order valence-corrected chi connectivity index (χ3v) is 7.27. The summed E-state index contributed by atoms with van der Waals surface area (Å²) in [6.07, 6.45) is 0.805. The highest BCUT2D eigenvalue weighted by Crippen LogP contribution is 2.32. The molecule has 1 aliphatic heterocycles. The van der Waals surface area contributed by atoms with Crippen LogP contribution in [0.3, 0.4) is 0 Å². The van der Waals surface area contributed by atoms with Crippen molar-refractivity contribution in [2.75, 3.05) is 6.54 Å². The van der Waals surface area contributed by atoms with Crippen molar-refractivity contribution in [1.29, 1.82) is 0 Å². The minimum absolute atomic E-state index is 0.0574. The number of fused-ring (bicyclic) bond motifs is 2. The van der Waals surface area contributed by atoms with Crippen LogP contribution in [-0.2, 0) is 6.42 Å². The van der Waals surface area contributed by atoms with Gasteiger partial charge in [0, 0.05) is 28.2 Å². The fraction of sp³-hybridized carbons (Fsp3) is 0.138. The summed E-state index contributed by atoms with van der Waals surface area (Å²) in [5.74, 6) is -0.514. The van der Waals surface area contributed by atoms with Gasteiger partial charge in [0.25, 0.3) is 5.91 Å². The normalized spacial score (nSPS) is 15.2. The minimum atomic E-state index is -0.383. The summed E-state index contributed by atoms with van der Waals surface area (Å²) in [6, 6.07) is 26.3. The first-order chi connectivity index (χ1) is 17.5. The summed E-state index contributed by atoms with van der Waals surface area (Å²) in [6.45, 7) is 2.68. The molecule has 2 aromatic heterocycles. The van der Waals surface area contributed by atoms with Crippen LogP contribution in [-0.4, -0.2) is 31.9 Å². The SMILES string of the molecule is C[C@@H]1c2ccccc2CCN1C(=O)c1cc(-c2ccccc2)n2nc(-c3ccc(Br)cc3F)cc2n1. The maximum atomic E-state index is 14.7. The van der Waals surface area contributed by atoms with Crippen molar-refractivity contribution in [1.82, 2.24) is 19.5 Å². The van der Waals surface area contributed by atoms with E-state index in [0.29, 0.717) is 33.6 Å². The standard InChI is InChI=1S/C29H22BrFN4O/c1-18-22-10-6-5-7-19(22)13-14-34(18)29(36)26-16-27(20-8-3-2-4-9-20)35-28(32-26)17-25(33-35)23-12-11-21(30)15-24(23)31/h2-12,15-18H,13-14H2,1H3/t18-/m1/s1. The van der Waals surface area contributed by atoms with Gasteiger partial charge in [-0.1, -0.05) is 70.5 Å². The molecule has 0 bridgehead atoms. The quantitative estimate of drug-likeness (QED) is 0.255. The predicted octanol–water partition coefficient (Wildman–Crippen LogP) is 6.72. The van der Waals surface area contributed by atoms with E-state index in [9.17, 15) is 9.18 Å². The molecular weight excluding hydrogens is 519 g/mol. The van der Waals surface area contributed by atoms with Gasteiger partial charge in [-0.15, -0.1) is 0 Å². The molecule has 0 N–H and O–H groups in total. The van der Waals surface area contributed by atoms with E-state index in [1.807, 2.05) is 47.4 Å². The molecule has 7 heteroatoms. The van der Waals surface area contributed by atoms with Crippen LogP contribution in [0.5, 0.6) is 0 Å². The fourth-order valence-corrected chi connectivity index (χ4v) is 5.26. The van der Waals surface area contributed by atoms with E-state index in [1.165, 1.54) is 17.2 Å². The van der Waals surface area contributed by atoms with Gasteiger partial charge in [0.15, 0.2) is 5.65 Å². The van der Waals surface area contributed by atoms with Crippen LogP contribution in [0.1, 0.15) is 34.6 Å². The Hall–Kier alpha value is -3.84. The average Bonchev–Trinajstić information content (AvgIpc) is 3.32. The summed E-state index contributed by atoms with van der Waals surface area (Å²) in [7, 11) is 0. The molecule has 36 heavy (non-hydrogen) atoms. The van der Waals surface area contributed by atoms with E-state index < -0.39 is 0 Å². The molecule has 6 rings (SSSR count). The summed E-state index contributed by atoms with van der Waals surface area (Å²) in [5.41, 5.74) is 5.71. The predicted molar refractivity (Wildman–Crippen MR) is 141 cm³/mol. The number of rotatable bonds is 3. The molecule has 178 valence electrons. The van der Waals surface area contributed by atoms with Gasteiger partial charge in [0.1, 0.15) is 11.5 Å². The first-order valence-corrected chi connectivity index (χ1v) is 12.6. The molecule has 1 aliphatic rings. The first kappa shape index (κ1) is 22.6. The number of hydrogen-bond acceptors (Lipinski definition) is 3. The van der Waals surface area contributed by atoms with Gasteiger partial charge in [0.2, 0.25) is 0 Å². The zero-order valence-corrected chi connectivity index (χ0v) is 21.1. The largest absolute Gasteiger partial charge is 0.330 e. The maximum absolute atomic E-state index is 14.7. The van der Waals surface area contributed by atoms with E-state index in [0.717, 1.165) is 17.7 Å². The Morgan fingerprint density at radius 2 is 1.78 bits per heavy atom. The highest BCUT2D eigenvalue weighted by Gasteiger charge is 2.29. The molecule has 0 saturated carbocycles. The van der Waals surface area contributed by atoms with E-state index in [4.69, 9.17) is 4.98 Å². The van der Waals surface area contributed by atoms with Crippen molar-refractivity contribution in [3.63, 3.8) is 0 Å². The van der Waals surface area contributed by atoms with Crippen LogP contribution >= 0.6 is 15.9 Å². The zero-order valence-electron chi connectivity index (χ0n) is 19.5. The Kier molecular flexibility index (Phi) is 5.64. The molecule has 0 aliphatic carbocycles. The van der Waals surface area contributed by atoms with Gasteiger partial charge in [-0.25, -0.2) is 13.9 Å². The molecule has 1 amide bonds. The van der Waals surface area contributed by atoms with Crippen molar-refractivity contribution in [2.45, 2.75) is 19.4 Å². The van der Waals surface area contributed by atoms with Crippen molar-refractivity contribution < 1.29 is 9.18 Å². The monoisotopic (exact) mass is 540 g/mol. The van der Waals surface area contributed by atoms with Crippen molar-refractivity contribution in [3.05, 3.63) is 112 Å². The highest BCUT2D eigenvalue weighted by molar-refractivity contribution is 9.10. The second-order valence-electron chi connectivity index (χ2n) is 8.94. The van der Waals surface area contributed by atoms with Gasteiger partial charge >= 0.3 is 0 Å². The number of carbonyl (C=O) groups excluding carboxylic acids is 1. The van der Waals surface area contributed by atoms with Crippen LogP contribution in [0.2, 0.25) is 0 Å². The summed E-state index contributed by atoms with van der Waals surface area (Å²) < 4.78 is 17.1. The Morgan fingerprint density at radius 3 is 2.58 bits per heavy atom. The van der Waals surface area contributed by atoms with Gasteiger partial charge in [-0.2, -0.15) is 5.10 Å². The molecule has 3 heterocycles. The summed E-state index contributed by atoms with van der Waals surface area (Å²) >= 11 is 3.30. The van der Waals surface area contributed by atoms with Crippen molar-refractivity contribution >= 4 is 27.5 Å². The van der Waals surface area contributed by atoms with Gasteiger partial charge in [-0.3, -0.25) is 4.79 Å². The number of hydrogen-bond donors (Lipinski definition) is 0. The van der Waals surface area contributed by atoms with Crippen LogP contribution in [0.4, 0.5) is 4.39 Å². The lowest BCUT2D eigenvalue weighted by Gasteiger charge is -2.35. The molecule has 5 nitrogen and oxygen atoms in total. The van der Waals surface area contributed by atoms with Crippen molar-refractivity contribution in [2.24, 2.45) is 0 Å². The molecule has 0 spiro atoms. The molecule has 0 fully saturated rings.